The molecule has 0 aliphatic carbocycles. The van der Waals surface area contributed by atoms with Crippen LogP contribution in [0.15, 0.2) is 36.5 Å². The average molecular weight is 258 g/mol. The van der Waals surface area contributed by atoms with Gasteiger partial charge in [0.15, 0.2) is 0 Å². The number of nitrogen functional groups attached to an aromatic ring is 1. The number of anilines is 2. The summed E-state index contributed by atoms with van der Waals surface area (Å²) in [6.45, 7) is 3.36. The van der Waals surface area contributed by atoms with Gasteiger partial charge in [-0.1, -0.05) is 6.92 Å². The summed E-state index contributed by atoms with van der Waals surface area (Å²) in [4.78, 5) is 0. The lowest BCUT2D eigenvalue weighted by Crippen LogP contribution is -2.03. The molecule has 2 aromatic rings. The molecule has 0 saturated carbocycles. The first-order valence-corrected chi connectivity index (χ1v) is 6.31. The highest BCUT2D eigenvalue weighted by molar-refractivity contribution is 5.59. The number of nitrogens with one attached hydrogen (secondary N) is 1. The number of aromatic nitrogens is 2. The fourth-order valence-corrected chi connectivity index (χ4v) is 1.65. The second kappa shape index (κ2) is 6.58. The molecule has 0 spiro atoms. The van der Waals surface area contributed by atoms with Crippen molar-refractivity contribution in [2.45, 2.75) is 19.9 Å². The van der Waals surface area contributed by atoms with Crippen LogP contribution in [0.4, 0.5) is 11.4 Å². The summed E-state index contributed by atoms with van der Waals surface area (Å²) in [6, 6.07) is 9.40. The third-order valence-electron chi connectivity index (χ3n) is 2.50. The third kappa shape index (κ3) is 4.13. The lowest BCUT2D eigenvalue weighted by Gasteiger charge is -2.10. The smallest absolute Gasteiger partial charge is 0.123 e. The molecule has 0 saturated heterocycles. The van der Waals surface area contributed by atoms with Gasteiger partial charge >= 0.3 is 0 Å². The molecule has 0 unspecified atom stereocenters. The minimum absolute atomic E-state index is 0.602. The van der Waals surface area contributed by atoms with Gasteiger partial charge in [-0.3, -0.25) is 0 Å². The SMILES string of the molecule is CCCOc1cc(N)cc(NCc2cccnn2)c1. The lowest BCUT2D eigenvalue weighted by molar-refractivity contribution is 0.318. The van der Waals surface area contributed by atoms with Crippen molar-refractivity contribution in [3.8, 4) is 5.75 Å². The van der Waals surface area contributed by atoms with Gasteiger partial charge in [-0.2, -0.15) is 10.2 Å². The zero-order valence-corrected chi connectivity index (χ0v) is 11.0. The summed E-state index contributed by atoms with van der Waals surface area (Å²) in [6.07, 6.45) is 2.62. The molecule has 0 aliphatic rings. The van der Waals surface area contributed by atoms with Gasteiger partial charge in [0, 0.05) is 29.7 Å². The fraction of sp³-hybridized carbons (Fsp3) is 0.286. The number of hydrogen-bond acceptors (Lipinski definition) is 5. The topological polar surface area (TPSA) is 73.1 Å². The molecular formula is C14H18N4O. The molecule has 0 fully saturated rings. The van der Waals surface area contributed by atoms with Gasteiger partial charge in [0.25, 0.3) is 0 Å². The van der Waals surface area contributed by atoms with Gasteiger partial charge in [0.05, 0.1) is 18.8 Å². The van der Waals surface area contributed by atoms with Crippen molar-refractivity contribution in [3.63, 3.8) is 0 Å². The maximum Gasteiger partial charge on any atom is 0.123 e. The molecular weight excluding hydrogens is 240 g/mol. The third-order valence-corrected chi connectivity index (χ3v) is 2.50. The maximum absolute atomic E-state index is 5.85. The average Bonchev–Trinajstić information content (AvgIpc) is 2.43. The van der Waals surface area contributed by atoms with Crippen LogP contribution in [0.5, 0.6) is 5.75 Å². The van der Waals surface area contributed by atoms with Crippen LogP contribution in [0.1, 0.15) is 19.0 Å². The first-order chi connectivity index (χ1) is 9.28. The Hall–Kier alpha value is -2.30. The predicted molar refractivity (Wildman–Crippen MR) is 76.0 cm³/mol. The Balaban J connectivity index is 2.01. The van der Waals surface area contributed by atoms with E-state index in [-0.39, 0.29) is 0 Å². The summed E-state index contributed by atoms with van der Waals surface area (Å²) in [5.41, 5.74) is 8.32. The molecule has 0 bridgehead atoms. The molecule has 0 atom stereocenters. The molecule has 100 valence electrons. The number of rotatable bonds is 6. The van der Waals surface area contributed by atoms with Crippen molar-refractivity contribution in [1.29, 1.82) is 0 Å². The summed E-state index contributed by atoms with van der Waals surface area (Å²) in [7, 11) is 0. The highest BCUT2D eigenvalue weighted by atomic mass is 16.5. The van der Waals surface area contributed by atoms with Crippen LogP contribution in [-0.2, 0) is 6.54 Å². The molecule has 5 nitrogen and oxygen atoms in total. The van der Waals surface area contributed by atoms with Crippen LogP contribution in [0.2, 0.25) is 0 Å². The van der Waals surface area contributed by atoms with E-state index in [2.05, 4.69) is 22.4 Å². The van der Waals surface area contributed by atoms with Gasteiger partial charge in [-0.05, 0) is 24.6 Å². The van der Waals surface area contributed by atoms with Crippen molar-refractivity contribution in [3.05, 3.63) is 42.2 Å². The fourth-order valence-electron chi connectivity index (χ4n) is 1.65. The van der Waals surface area contributed by atoms with E-state index in [9.17, 15) is 0 Å². The Labute approximate surface area is 112 Å². The summed E-state index contributed by atoms with van der Waals surface area (Å²) >= 11 is 0. The molecule has 1 heterocycles. The molecule has 1 aromatic heterocycles. The Bertz CT molecular complexity index is 516. The van der Waals surface area contributed by atoms with Gasteiger partial charge in [-0.25, -0.2) is 0 Å². The molecule has 2 rings (SSSR count). The van der Waals surface area contributed by atoms with Crippen LogP contribution in [-0.4, -0.2) is 16.8 Å². The van der Waals surface area contributed by atoms with Gasteiger partial charge < -0.3 is 15.8 Å². The zero-order chi connectivity index (χ0) is 13.5. The highest BCUT2D eigenvalue weighted by Gasteiger charge is 2.01. The van der Waals surface area contributed by atoms with Crippen LogP contribution < -0.4 is 15.8 Å². The monoisotopic (exact) mass is 258 g/mol. The Morgan fingerprint density at radius 3 is 2.95 bits per heavy atom. The van der Waals surface area contributed by atoms with E-state index in [1.54, 1.807) is 6.20 Å². The van der Waals surface area contributed by atoms with Crippen molar-refractivity contribution >= 4 is 11.4 Å². The van der Waals surface area contributed by atoms with Crippen molar-refractivity contribution in [2.24, 2.45) is 0 Å². The van der Waals surface area contributed by atoms with Crippen LogP contribution >= 0.6 is 0 Å². The number of hydrogen-bond donors (Lipinski definition) is 2. The number of nitrogens with two attached hydrogens (primary N) is 1. The van der Waals surface area contributed by atoms with E-state index in [1.165, 1.54) is 0 Å². The Kier molecular flexibility index (Phi) is 4.55. The van der Waals surface area contributed by atoms with Crippen molar-refractivity contribution in [1.82, 2.24) is 10.2 Å². The molecule has 1 aromatic carbocycles. The summed E-state index contributed by atoms with van der Waals surface area (Å²) in [5, 5.41) is 11.1. The number of benzene rings is 1. The highest BCUT2D eigenvalue weighted by Crippen LogP contribution is 2.23. The first-order valence-electron chi connectivity index (χ1n) is 6.31. The van der Waals surface area contributed by atoms with E-state index >= 15 is 0 Å². The van der Waals surface area contributed by atoms with E-state index in [1.807, 2.05) is 30.3 Å². The zero-order valence-electron chi connectivity index (χ0n) is 11.0. The molecule has 0 amide bonds. The van der Waals surface area contributed by atoms with Crippen LogP contribution in [0.25, 0.3) is 0 Å². The number of nitrogens with zero attached hydrogens (tertiary/aromatic N) is 2. The lowest BCUT2D eigenvalue weighted by atomic mass is 10.2. The molecule has 0 radical (unpaired) electrons. The maximum atomic E-state index is 5.85. The summed E-state index contributed by atoms with van der Waals surface area (Å²) < 4.78 is 5.58. The summed E-state index contributed by atoms with van der Waals surface area (Å²) in [5.74, 6) is 0.781. The number of ether oxygens (including phenoxy) is 1. The quantitative estimate of drug-likeness (QED) is 0.779. The largest absolute Gasteiger partial charge is 0.493 e. The Morgan fingerprint density at radius 1 is 1.32 bits per heavy atom. The van der Waals surface area contributed by atoms with Gasteiger partial charge in [0.1, 0.15) is 5.75 Å². The second-order valence-electron chi connectivity index (χ2n) is 4.21. The molecule has 19 heavy (non-hydrogen) atoms. The van der Waals surface area contributed by atoms with E-state index in [4.69, 9.17) is 10.5 Å². The predicted octanol–water partition coefficient (Wildman–Crippen LogP) is 2.46. The Morgan fingerprint density at radius 2 is 2.21 bits per heavy atom. The normalized spacial score (nSPS) is 10.2. The molecule has 0 aliphatic heterocycles. The first kappa shape index (κ1) is 13.1. The van der Waals surface area contributed by atoms with Crippen LogP contribution in [0.3, 0.4) is 0 Å². The van der Waals surface area contributed by atoms with E-state index in [0.29, 0.717) is 18.8 Å². The van der Waals surface area contributed by atoms with E-state index in [0.717, 1.165) is 23.6 Å². The van der Waals surface area contributed by atoms with Crippen LogP contribution in [0, 0.1) is 0 Å². The minimum Gasteiger partial charge on any atom is -0.493 e. The van der Waals surface area contributed by atoms with Gasteiger partial charge in [-0.15, -0.1) is 0 Å². The minimum atomic E-state index is 0.602. The second-order valence-corrected chi connectivity index (χ2v) is 4.21. The van der Waals surface area contributed by atoms with Gasteiger partial charge in [0.2, 0.25) is 0 Å². The van der Waals surface area contributed by atoms with E-state index < -0.39 is 0 Å². The van der Waals surface area contributed by atoms with Crippen molar-refractivity contribution in [2.75, 3.05) is 17.7 Å². The standard InChI is InChI=1S/C14H18N4O/c1-2-6-19-14-8-11(15)7-13(9-14)16-10-12-4-3-5-17-18-12/h3-5,7-9,16H,2,6,10,15H2,1H3. The molecule has 5 heteroatoms. The molecule has 3 N–H and O–H groups in total. The van der Waals surface area contributed by atoms with Crippen molar-refractivity contribution < 1.29 is 4.74 Å².